The quantitative estimate of drug-likeness (QED) is 0.189. The Morgan fingerprint density at radius 1 is 0.400 bits per heavy atom. The Hall–Kier alpha value is -7.75. The lowest BCUT2D eigenvalue weighted by Gasteiger charge is -2.39. The van der Waals surface area contributed by atoms with E-state index in [2.05, 4.69) is 224 Å². The summed E-state index contributed by atoms with van der Waals surface area (Å²) < 4.78 is 6.74. The van der Waals surface area contributed by atoms with E-state index in [0.717, 1.165) is 56.3 Å². The number of nitrogens with zero attached hydrogens (tertiary/aromatic N) is 1. The molecule has 3 aliphatic rings. The van der Waals surface area contributed by atoms with E-state index in [4.69, 9.17) is 9.73 Å². The van der Waals surface area contributed by atoms with Crippen LogP contribution in [0.3, 0.4) is 0 Å². The molecule has 1 aliphatic carbocycles. The van der Waals surface area contributed by atoms with Crippen molar-refractivity contribution in [1.82, 2.24) is 5.32 Å². The Morgan fingerprint density at radius 3 is 1.73 bits per heavy atom. The molecule has 1 atom stereocenters. The van der Waals surface area contributed by atoms with Gasteiger partial charge in [0.2, 0.25) is 0 Å². The topological polar surface area (TPSA) is 33.6 Å². The Bertz CT molecular complexity index is 3170. The van der Waals surface area contributed by atoms with Crippen molar-refractivity contribution in [2.45, 2.75) is 11.6 Å². The molecule has 3 nitrogen and oxygen atoms in total. The molecule has 3 heteroatoms. The van der Waals surface area contributed by atoms with Crippen molar-refractivity contribution < 1.29 is 4.74 Å². The van der Waals surface area contributed by atoms with Gasteiger partial charge in [-0.1, -0.05) is 188 Å². The molecule has 0 fully saturated rings. The van der Waals surface area contributed by atoms with Crippen LogP contribution in [0.25, 0.3) is 49.9 Å². The van der Waals surface area contributed by atoms with Crippen LogP contribution in [-0.4, -0.2) is 5.71 Å². The summed E-state index contributed by atoms with van der Waals surface area (Å²) in [4.78, 5) is 5.39. The van der Waals surface area contributed by atoms with Gasteiger partial charge in [0, 0.05) is 22.4 Å². The van der Waals surface area contributed by atoms with E-state index in [1.807, 2.05) is 0 Å². The minimum Gasteiger partial charge on any atom is -0.457 e. The predicted molar refractivity (Wildman–Crippen MR) is 245 cm³/mol. The second-order valence-corrected chi connectivity index (χ2v) is 15.8. The Balaban J connectivity index is 0.999. The maximum atomic E-state index is 6.74. The highest BCUT2D eigenvalue weighted by Gasteiger charge is 2.51. The minimum absolute atomic E-state index is 0.263. The maximum absolute atomic E-state index is 6.74. The Kier molecular flexibility index (Phi) is 7.82. The second-order valence-electron chi connectivity index (χ2n) is 15.8. The molecule has 9 aromatic carbocycles. The Morgan fingerprint density at radius 2 is 0.967 bits per heavy atom. The molecule has 60 heavy (non-hydrogen) atoms. The molecular formula is C57H38N2O. The standard InChI is InChI=1S/C57H38N2O/c1-3-16-37(17-4-1)42-31-32-47(44-23-8-7-22-43(42)44)53-36-52(58-56(59-53)38-18-5-2-6-19-38)41-21-15-20-39(34-41)40-30-33-55-51(35-40)57(50-28-13-14-29-54(50)60-55)48-26-11-9-24-45(48)46-25-10-12-27-49(46)57/h1-36,56,58H. The van der Waals surface area contributed by atoms with Gasteiger partial charge in [0.1, 0.15) is 17.7 Å². The predicted octanol–water partition coefficient (Wildman–Crippen LogP) is 13.8. The lowest BCUT2D eigenvalue weighted by molar-refractivity contribution is 0.436. The van der Waals surface area contributed by atoms with Gasteiger partial charge in [-0.2, -0.15) is 0 Å². The van der Waals surface area contributed by atoms with Gasteiger partial charge in [-0.05, 0) is 96.7 Å². The van der Waals surface area contributed by atoms with Crippen LogP contribution in [0.5, 0.6) is 11.5 Å². The number of fused-ring (bicyclic) bond motifs is 10. The molecule has 2 heterocycles. The van der Waals surface area contributed by atoms with Crippen LogP contribution in [0.4, 0.5) is 0 Å². The van der Waals surface area contributed by atoms with Crippen molar-refractivity contribution in [3.8, 4) is 44.9 Å². The lowest BCUT2D eigenvalue weighted by atomic mass is 9.66. The number of hydrogen-bond acceptors (Lipinski definition) is 3. The van der Waals surface area contributed by atoms with E-state index in [1.54, 1.807) is 0 Å². The smallest absolute Gasteiger partial charge is 0.145 e. The average molecular weight is 767 g/mol. The highest BCUT2D eigenvalue weighted by molar-refractivity contribution is 6.20. The fraction of sp³-hybridized carbons (Fsp3) is 0.0351. The van der Waals surface area contributed by atoms with Crippen LogP contribution in [0.15, 0.2) is 223 Å². The molecule has 0 amide bonds. The summed E-state index contributed by atoms with van der Waals surface area (Å²) in [7, 11) is 0. The first-order valence-corrected chi connectivity index (χ1v) is 20.6. The summed E-state index contributed by atoms with van der Waals surface area (Å²) in [5.41, 5.74) is 16.9. The number of allylic oxidation sites excluding steroid dienone is 1. The van der Waals surface area contributed by atoms with E-state index >= 15 is 0 Å². The van der Waals surface area contributed by atoms with Crippen LogP contribution in [-0.2, 0) is 5.41 Å². The van der Waals surface area contributed by atoms with Crippen molar-refractivity contribution in [3.63, 3.8) is 0 Å². The third-order valence-electron chi connectivity index (χ3n) is 12.6. The molecule has 2 aliphatic heterocycles. The van der Waals surface area contributed by atoms with E-state index in [-0.39, 0.29) is 6.17 Å². The molecule has 1 N–H and O–H groups in total. The number of nitrogens with one attached hydrogen (secondary N) is 1. The number of rotatable bonds is 5. The van der Waals surface area contributed by atoms with Gasteiger partial charge in [-0.25, -0.2) is 0 Å². The monoisotopic (exact) mass is 766 g/mol. The molecule has 0 bridgehead atoms. The van der Waals surface area contributed by atoms with E-state index in [0.29, 0.717) is 0 Å². The van der Waals surface area contributed by atoms with Gasteiger partial charge in [0.25, 0.3) is 0 Å². The van der Waals surface area contributed by atoms with Crippen LogP contribution in [0.1, 0.15) is 45.1 Å². The lowest BCUT2D eigenvalue weighted by Crippen LogP contribution is -2.32. The molecule has 0 radical (unpaired) electrons. The summed E-state index contributed by atoms with van der Waals surface area (Å²) in [5, 5.41) is 6.21. The number of para-hydroxylation sites is 1. The molecule has 1 spiro atoms. The van der Waals surface area contributed by atoms with Gasteiger partial charge in [0.15, 0.2) is 0 Å². The van der Waals surface area contributed by atoms with Gasteiger partial charge in [-0.15, -0.1) is 0 Å². The first-order valence-electron chi connectivity index (χ1n) is 20.6. The normalized spacial score (nSPS) is 15.4. The molecule has 12 rings (SSSR count). The van der Waals surface area contributed by atoms with Crippen LogP contribution in [0.2, 0.25) is 0 Å². The van der Waals surface area contributed by atoms with Gasteiger partial charge < -0.3 is 10.1 Å². The number of hydrogen-bond donors (Lipinski definition) is 1. The van der Waals surface area contributed by atoms with Gasteiger partial charge in [0.05, 0.1) is 11.1 Å². The zero-order valence-electron chi connectivity index (χ0n) is 32.7. The second kappa shape index (κ2) is 13.7. The van der Waals surface area contributed by atoms with Crippen LogP contribution < -0.4 is 10.1 Å². The summed E-state index contributed by atoms with van der Waals surface area (Å²) in [6, 6.07) is 76.3. The largest absolute Gasteiger partial charge is 0.457 e. The number of ether oxygens (including phenoxy) is 1. The minimum atomic E-state index is -0.522. The molecule has 0 saturated carbocycles. The van der Waals surface area contributed by atoms with Crippen molar-refractivity contribution in [2.75, 3.05) is 0 Å². The first kappa shape index (κ1) is 34.3. The van der Waals surface area contributed by atoms with Crippen LogP contribution >= 0.6 is 0 Å². The molecule has 282 valence electrons. The summed E-state index contributed by atoms with van der Waals surface area (Å²) in [5.74, 6) is 1.78. The third kappa shape index (κ3) is 5.26. The SMILES string of the molecule is C1=C(c2cccc(-c3ccc4c(c3)C3(c5ccccc5O4)c4ccccc4-c4ccccc43)c2)NC(c2ccccc2)N=C1c1ccc(-c2ccccc2)c2ccccc12. The number of benzene rings is 9. The maximum Gasteiger partial charge on any atom is 0.145 e. The molecule has 0 saturated heterocycles. The highest BCUT2D eigenvalue weighted by Crippen LogP contribution is 2.62. The Labute approximate surface area is 349 Å². The third-order valence-corrected chi connectivity index (χ3v) is 12.6. The van der Waals surface area contributed by atoms with Crippen LogP contribution in [0, 0.1) is 0 Å². The van der Waals surface area contributed by atoms with Crippen molar-refractivity contribution >= 4 is 22.2 Å². The highest BCUT2D eigenvalue weighted by atomic mass is 16.5. The first-order chi connectivity index (χ1) is 29.7. The molecule has 0 aromatic heterocycles. The zero-order valence-corrected chi connectivity index (χ0v) is 32.7. The van der Waals surface area contributed by atoms with Crippen molar-refractivity contribution in [2.24, 2.45) is 4.99 Å². The summed E-state index contributed by atoms with van der Waals surface area (Å²) in [6.07, 6.45) is 1.96. The van der Waals surface area contributed by atoms with Gasteiger partial charge in [-0.3, -0.25) is 4.99 Å². The molecular weight excluding hydrogens is 729 g/mol. The summed E-state index contributed by atoms with van der Waals surface area (Å²) in [6.45, 7) is 0. The van der Waals surface area contributed by atoms with E-state index in [1.165, 1.54) is 49.7 Å². The fourth-order valence-corrected chi connectivity index (χ4v) is 9.94. The average Bonchev–Trinajstić information content (AvgIpc) is 3.62. The zero-order chi connectivity index (χ0) is 39.6. The summed E-state index contributed by atoms with van der Waals surface area (Å²) >= 11 is 0. The number of aliphatic imine (C=N–C) groups is 1. The van der Waals surface area contributed by atoms with Crippen molar-refractivity contribution in [3.05, 3.63) is 257 Å². The van der Waals surface area contributed by atoms with Crippen molar-refractivity contribution in [1.29, 1.82) is 0 Å². The van der Waals surface area contributed by atoms with Gasteiger partial charge >= 0.3 is 0 Å². The fourth-order valence-electron chi connectivity index (χ4n) is 9.94. The van der Waals surface area contributed by atoms with E-state index in [9.17, 15) is 0 Å². The molecule has 1 unspecified atom stereocenters. The van der Waals surface area contributed by atoms with E-state index < -0.39 is 5.41 Å². The molecule has 9 aromatic rings.